The minimum Gasteiger partial charge on any atom is -0.332 e. The van der Waals surface area contributed by atoms with Crippen LogP contribution < -0.4 is 26.9 Å². The topological polar surface area (TPSA) is 72.5 Å². The minimum atomic E-state index is 0.431. The molecule has 4 aromatic carbocycles. The highest BCUT2D eigenvalue weighted by atomic mass is 33.1. The molecule has 0 saturated carbocycles. The number of para-hydroxylation sites is 2. The van der Waals surface area contributed by atoms with E-state index >= 15 is 0 Å². The number of rotatable bonds is 10. The normalized spacial score (nSPS) is 10.6. The van der Waals surface area contributed by atoms with E-state index in [4.69, 9.17) is 24.4 Å². The van der Waals surface area contributed by atoms with Crippen LogP contribution in [0.4, 0.5) is 11.4 Å². The lowest BCUT2D eigenvalue weighted by Gasteiger charge is -2.13. The van der Waals surface area contributed by atoms with E-state index < -0.39 is 0 Å². The Morgan fingerprint density at radius 3 is 1.92 bits per heavy atom. The first kappa shape index (κ1) is 27.6. The maximum atomic E-state index is 5.37. The zero-order chi connectivity index (χ0) is 26.4. The van der Waals surface area contributed by atoms with Gasteiger partial charge in [0.25, 0.3) is 0 Å². The Morgan fingerprint density at radius 2 is 1.21 bits per heavy atom. The fourth-order valence-corrected chi connectivity index (χ4v) is 5.98. The second-order valence-electron chi connectivity index (χ2n) is 7.80. The van der Waals surface area contributed by atoms with Gasteiger partial charge < -0.3 is 10.6 Å². The summed E-state index contributed by atoms with van der Waals surface area (Å²) in [6, 6.07) is 36.0. The summed E-state index contributed by atoms with van der Waals surface area (Å²) >= 11 is 10.7. The van der Waals surface area contributed by atoms with E-state index in [1.807, 2.05) is 91.0 Å². The van der Waals surface area contributed by atoms with Gasteiger partial charge in [0.15, 0.2) is 10.2 Å². The van der Waals surface area contributed by atoms with Crippen LogP contribution in [0.5, 0.6) is 0 Å². The van der Waals surface area contributed by atoms with Crippen LogP contribution in [0.15, 0.2) is 124 Å². The molecular weight excluding hydrogens is 549 g/mol. The van der Waals surface area contributed by atoms with Gasteiger partial charge in [-0.1, -0.05) is 94.4 Å². The van der Waals surface area contributed by atoms with Crippen molar-refractivity contribution in [1.29, 1.82) is 0 Å². The van der Waals surface area contributed by atoms with Crippen LogP contribution in [0, 0.1) is 0 Å². The Labute approximate surface area is 241 Å². The van der Waals surface area contributed by atoms with Crippen LogP contribution >= 0.6 is 46.0 Å². The van der Waals surface area contributed by atoms with Crippen molar-refractivity contribution in [2.45, 2.75) is 16.3 Å². The van der Waals surface area contributed by atoms with Gasteiger partial charge in [-0.2, -0.15) is 5.10 Å². The summed E-state index contributed by atoms with van der Waals surface area (Å²) in [5, 5.41) is 11.5. The number of hydrazone groups is 1. The third kappa shape index (κ3) is 9.16. The first-order chi connectivity index (χ1) is 18.7. The zero-order valence-electron chi connectivity index (χ0n) is 20.3. The summed E-state index contributed by atoms with van der Waals surface area (Å²) in [6.07, 6.45) is 1.78. The third-order valence-electron chi connectivity index (χ3n) is 5.03. The molecule has 0 radical (unpaired) electrons. The molecule has 0 aliphatic carbocycles. The van der Waals surface area contributed by atoms with Crippen LogP contribution in [-0.2, 0) is 6.54 Å². The number of thiocarbonyl (C=S) groups is 2. The van der Waals surface area contributed by atoms with Crippen molar-refractivity contribution in [1.82, 2.24) is 16.3 Å². The van der Waals surface area contributed by atoms with E-state index in [2.05, 4.69) is 50.2 Å². The molecule has 0 saturated heterocycles. The van der Waals surface area contributed by atoms with E-state index in [9.17, 15) is 0 Å². The first-order valence-electron chi connectivity index (χ1n) is 11.7. The second kappa shape index (κ2) is 15.1. The van der Waals surface area contributed by atoms with Crippen LogP contribution in [-0.4, -0.2) is 16.4 Å². The number of hydrogen-bond acceptors (Lipinski definition) is 6. The molecule has 0 aliphatic rings. The average Bonchev–Trinajstić information content (AvgIpc) is 2.94. The van der Waals surface area contributed by atoms with Crippen molar-refractivity contribution in [3.05, 3.63) is 120 Å². The van der Waals surface area contributed by atoms with Gasteiger partial charge in [0.1, 0.15) is 0 Å². The lowest BCUT2D eigenvalue weighted by Crippen LogP contribution is -2.39. The summed E-state index contributed by atoms with van der Waals surface area (Å²) in [7, 11) is 3.38. The molecule has 4 aromatic rings. The maximum Gasteiger partial charge on any atom is 0.191 e. The summed E-state index contributed by atoms with van der Waals surface area (Å²) in [5.74, 6) is 0. The summed E-state index contributed by atoms with van der Waals surface area (Å²) in [6.45, 7) is 0.610. The van der Waals surface area contributed by atoms with Crippen LogP contribution in [0.25, 0.3) is 0 Å². The predicted octanol–water partition coefficient (Wildman–Crippen LogP) is 6.80. The lowest BCUT2D eigenvalue weighted by molar-refractivity contribution is 0.651. The number of benzene rings is 4. The van der Waals surface area contributed by atoms with E-state index in [1.165, 1.54) is 0 Å². The van der Waals surface area contributed by atoms with E-state index in [1.54, 1.807) is 27.8 Å². The van der Waals surface area contributed by atoms with Gasteiger partial charge in [0.05, 0.1) is 6.21 Å². The SMILES string of the molecule is S=C(N/N=C/c1ccccc1SSc1ccccc1CNNC(=S)Nc1ccccc1)Nc1ccccc1. The molecule has 38 heavy (non-hydrogen) atoms. The molecule has 0 aromatic heterocycles. The number of anilines is 2. The predicted molar refractivity (Wildman–Crippen MR) is 171 cm³/mol. The van der Waals surface area contributed by atoms with Gasteiger partial charge in [0, 0.05) is 33.3 Å². The Kier molecular flexibility index (Phi) is 11.0. The molecule has 0 heterocycles. The van der Waals surface area contributed by atoms with Gasteiger partial charge in [-0.05, 0) is 66.4 Å². The summed E-state index contributed by atoms with van der Waals surface area (Å²) < 4.78 is 0. The van der Waals surface area contributed by atoms with Crippen LogP contribution in [0.2, 0.25) is 0 Å². The van der Waals surface area contributed by atoms with E-state index in [-0.39, 0.29) is 0 Å². The molecule has 0 bridgehead atoms. The molecule has 0 atom stereocenters. The molecule has 10 heteroatoms. The highest BCUT2D eigenvalue weighted by molar-refractivity contribution is 8.76. The maximum absolute atomic E-state index is 5.37. The van der Waals surface area contributed by atoms with E-state index in [0.29, 0.717) is 16.8 Å². The summed E-state index contributed by atoms with van der Waals surface area (Å²) in [4.78, 5) is 2.26. The molecule has 5 N–H and O–H groups in total. The zero-order valence-corrected chi connectivity index (χ0v) is 23.5. The van der Waals surface area contributed by atoms with Crippen LogP contribution in [0.1, 0.15) is 11.1 Å². The third-order valence-corrected chi connectivity index (χ3v) is 7.96. The molecule has 0 amide bonds. The highest BCUT2D eigenvalue weighted by Gasteiger charge is 2.07. The average molecular weight is 575 g/mol. The van der Waals surface area contributed by atoms with Gasteiger partial charge in [-0.25, -0.2) is 5.43 Å². The van der Waals surface area contributed by atoms with E-state index in [0.717, 1.165) is 32.3 Å². The molecule has 4 rings (SSSR count). The largest absolute Gasteiger partial charge is 0.332 e. The number of hydrazine groups is 1. The minimum absolute atomic E-state index is 0.431. The van der Waals surface area contributed by atoms with Gasteiger partial charge >= 0.3 is 0 Å². The fourth-order valence-electron chi connectivity index (χ4n) is 3.23. The number of nitrogens with zero attached hydrogens (tertiary/aromatic N) is 1. The summed E-state index contributed by atoms with van der Waals surface area (Å²) in [5.41, 5.74) is 13.1. The number of hydrogen-bond donors (Lipinski definition) is 5. The smallest absolute Gasteiger partial charge is 0.191 e. The van der Waals surface area contributed by atoms with Gasteiger partial charge in [-0.3, -0.25) is 10.9 Å². The highest BCUT2D eigenvalue weighted by Crippen LogP contribution is 2.40. The standard InChI is InChI=1S/C28H26N6S4/c35-27(31-23-13-3-1-4-14-23)33-29-19-21-11-7-9-17-25(21)37-38-26-18-10-8-12-22(26)20-30-34-28(36)32-24-15-5-2-6-16-24/h1-19,30H,20H2,(H2,31,33,35)(H2,32,34,36)/b29-19+. The molecule has 0 aliphatic heterocycles. The number of nitrogens with one attached hydrogen (secondary N) is 5. The Hall–Kier alpha value is -3.41. The Morgan fingerprint density at radius 1 is 0.658 bits per heavy atom. The van der Waals surface area contributed by atoms with Gasteiger partial charge in [0.2, 0.25) is 0 Å². The lowest BCUT2D eigenvalue weighted by atomic mass is 10.2. The monoisotopic (exact) mass is 574 g/mol. The molecule has 0 fully saturated rings. The Bertz CT molecular complexity index is 1370. The van der Waals surface area contributed by atoms with Crippen molar-refractivity contribution in [3.8, 4) is 0 Å². The molecular formula is C28H26N6S4. The van der Waals surface area contributed by atoms with Crippen molar-refractivity contribution in [2.24, 2.45) is 5.10 Å². The first-order valence-corrected chi connectivity index (χ1v) is 14.7. The Balaban J connectivity index is 1.29. The van der Waals surface area contributed by atoms with Gasteiger partial charge in [-0.15, -0.1) is 0 Å². The molecule has 0 unspecified atom stereocenters. The van der Waals surface area contributed by atoms with Crippen molar-refractivity contribution in [3.63, 3.8) is 0 Å². The second-order valence-corrected chi connectivity index (χ2v) is 10.8. The molecule has 0 spiro atoms. The molecule has 192 valence electrons. The van der Waals surface area contributed by atoms with Crippen molar-refractivity contribution >= 4 is 73.8 Å². The van der Waals surface area contributed by atoms with Crippen molar-refractivity contribution < 1.29 is 0 Å². The quantitative estimate of drug-likeness (QED) is 0.0609. The van der Waals surface area contributed by atoms with Crippen LogP contribution in [0.3, 0.4) is 0 Å². The van der Waals surface area contributed by atoms with Crippen molar-refractivity contribution in [2.75, 3.05) is 10.6 Å². The molecule has 6 nitrogen and oxygen atoms in total. The fraction of sp³-hybridized carbons (Fsp3) is 0.0357.